The molecule has 0 bridgehead atoms. The molecule has 1 aromatic rings. The van der Waals surface area contributed by atoms with E-state index < -0.39 is 0 Å². The lowest BCUT2D eigenvalue weighted by atomic mass is 10.2. The molecule has 1 aromatic carbocycles. The van der Waals surface area contributed by atoms with Crippen LogP contribution in [0.25, 0.3) is 0 Å². The Kier molecular flexibility index (Phi) is 5.12. The average molecular weight is 276 g/mol. The Labute approximate surface area is 118 Å². The van der Waals surface area contributed by atoms with Gasteiger partial charge in [0.25, 0.3) is 5.91 Å². The van der Waals surface area contributed by atoms with Gasteiger partial charge in [0.15, 0.2) is 0 Å². The predicted molar refractivity (Wildman–Crippen MR) is 75.2 cm³/mol. The Hall–Kier alpha value is -1.88. The number of benzene rings is 1. The maximum absolute atomic E-state index is 12.0. The van der Waals surface area contributed by atoms with Gasteiger partial charge in [0.1, 0.15) is 0 Å². The molecule has 0 unspecified atom stereocenters. The summed E-state index contributed by atoms with van der Waals surface area (Å²) in [5.74, 6) is -0.173. The molecular formula is C15H20N2O3. The molecule has 1 heterocycles. The highest BCUT2D eigenvalue weighted by Gasteiger charge is 2.27. The van der Waals surface area contributed by atoms with Gasteiger partial charge in [-0.2, -0.15) is 0 Å². The van der Waals surface area contributed by atoms with Crippen LogP contribution in [-0.4, -0.2) is 47.6 Å². The van der Waals surface area contributed by atoms with E-state index in [-0.39, 0.29) is 30.9 Å². The van der Waals surface area contributed by atoms with Crippen LogP contribution in [0.2, 0.25) is 0 Å². The Morgan fingerprint density at radius 2 is 2.05 bits per heavy atom. The number of carbonyl (C=O) groups excluding carboxylic acids is 2. The first-order valence-electron chi connectivity index (χ1n) is 6.96. The third-order valence-electron chi connectivity index (χ3n) is 3.57. The number of nitrogens with zero attached hydrogens (tertiary/aromatic N) is 1. The molecule has 5 heteroatoms. The van der Waals surface area contributed by atoms with E-state index in [2.05, 4.69) is 5.32 Å². The minimum atomic E-state index is -0.168. The van der Waals surface area contributed by atoms with Crippen LogP contribution in [0.3, 0.4) is 0 Å². The molecule has 0 aliphatic carbocycles. The van der Waals surface area contributed by atoms with Gasteiger partial charge in [0.05, 0.1) is 12.6 Å². The molecular weight excluding hydrogens is 256 g/mol. The quantitative estimate of drug-likeness (QED) is 0.835. The second-order valence-corrected chi connectivity index (χ2v) is 4.94. The lowest BCUT2D eigenvalue weighted by Crippen LogP contribution is -2.39. The van der Waals surface area contributed by atoms with Gasteiger partial charge in [-0.25, -0.2) is 0 Å². The lowest BCUT2D eigenvalue weighted by Gasteiger charge is -2.23. The topological polar surface area (TPSA) is 69.6 Å². The van der Waals surface area contributed by atoms with Crippen LogP contribution in [0.4, 0.5) is 0 Å². The van der Waals surface area contributed by atoms with Gasteiger partial charge in [-0.3, -0.25) is 9.59 Å². The number of likely N-dealkylation sites (tertiary alicyclic amines) is 1. The Bertz CT molecular complexity index is 461. The zero-order valence-electron chi connectivity index (χ0n) is 11.4. The number of aliphatic hydroxyl groups is 1. The van der Waals surface area contributed by atoms with E-state index in [0.29, 0.717) is 18.7 Å². The lowest BCUT2D eigenvalue weighted by molar-refractivity contribution is -0.132. The van der Waals surface area contributed by atoms with Gasteiger partial charge < -0.3 is 15.3 Å². The Morgan fingerprint density at radius 3 is 2.75 bits per heavy atom. The van der Waals surface area contributed by atoms with Crippen LogP contribution < -0.4 is 5.32 Å². The number of amides is 2. The highest BCUT2D eigenvalue weighted by atomic mass is 16.3. The van der Waals surface area contributed by atoms with E-state index in [1.54, 1.807) is 29.2 Å². The van der Waals surface area contributed by atoms with Gasteiger partial charge in [-0.15, -0.1) is 0 Å². The monoisotopic (exact) mass is 276 g/mol. The molecule has 2 amide bonds. The molecule has 108 valence electrons. The zero-order valence-corrected chi connectivity index (χ0v) is 11.4. The summed E-state index contributed by atoms with van der Waals surface area (Å²) in [6, 6.07) is 8.88. The molecule has 1 aliphatic rings. The molecule has 0 spiro atoms. The van der Waals surface area contributed by atoms with E-state index in [4.69, 9.17) is 0 Å². The van der Waals surface area contributed by atoms with Crippen LogP contribution in [0, 0.1) is 0 Å². The number of aliphatic hydroxyl groups excluding tert-OH is 1. The van der Waals surface area contributed by atoms with E-state index in [0.717, 1.165) is 12.8 Å². The highest BCUT2D eigenvalue weighted by molar-refractivity contribution is 5.94. The van der Waals surface area contributed by atoms with Crippen molar-refractivity contribution < 1.29 is 14.7 Å². The molecule has 0 radical (unpaired) electrons. The van der Waals surface area contributed by atoms with Crippen molar-refractivity contribution in [3.8, 4) is 0 Å². The number of carbonyl (C=O) groups is 2. The van der Waals surface area contributed by atoms with Crippen molar-refractivity contribution in [2.75, 3.05) is 19.7 Å². The highest BCUT2D eigenvalue weighted by Crippen LogP contribution is 2.17. The smallest absolute Gasteiger partial charge is 0.251 e. The maximum Gasteiger partial charge on any atom is 0.251 e. The molecule has 5 nitrogen and oxygen atoms in total. The molecule has 0 saturated carbocycles. The van der Waals surface area contributed by atoms with Crippen molar-refractivity contribution in [2.45, 2.75) is 25.3 Å². The third kappa shape index (κ3) is 3.57. The third-order valence-corrected chi connectivity index (χ3v) is 3.57. The molecule has 2 N–H and O–H groups in total. The fourth-order valence-electron chi connectivity index (χ4n) is 2.47. The summed E-state index contributed by atoms with van der Waals surface area (Å²) in [6.45, 7) is 1.04. The van der Waals surface area contributed by atoms with Gasteiger partial charge in [0, 0.05) is 25.1 Å². The second-order valence-electron chi connectivity index (χ2n) is 4.94. The Morgan fingerprint density at radius 1 is 1.30 bits per heavy atom. The summed E-state index contributed by atoms with van der Waals surface area (Å²) in [6.07, 6.45) is 2.07. The van der Waals surface area contributed by atoms with Crippen LogP contribution >= 0.6 is 0 Å². The first kappa shape index (κ1) is 14.5. The van der Waals surface area contributed by atoms with E-state index in [1.807, 2.05) is 6.07 Å². The molecule has 0 aromatic heterocycles. The normalized spacial score (nSPS) is 18.1. The van der Waals surface area contributed by atoms with Crippen LogP contribution in [0.5, 0.6) is 0 Å². The standard InChI is InChI=1S/C15H20N2O3/c18-11-13-7-4-10-17(13)14(19)8-9-16-15(20)12-5-2-1-3-6-12/h1-3,5-6,13,18H,4,7-11H2,(H,16,20)/t13-/m0/s1. The van der Waals surface area contributed by atoms with Crippen LogP contribution in [0.1, 0.15) is 29.6 Å². The SMILES string of the molecule is O=C(NCCC(=O)N1CCC[C@H]1CO)c1ccccc1. The molecule has 1 atom stereocenters. The van der Waals surface area contributed by atoms with Crippen molar-refractivity contribution in [2.24, 2.45) is 0 Å². The zero-order chi connectivity index (χ0) is 14.4. The number of hydrogen-bond donors (Lipinski definition) is 2. The molecule has 1 fully saturated rings. The fourth-order valence-corrected chi connectivity index (χ4v) is 2.47. The number of rotatable bonds is 5. The fraction of sp³-hybridized carbons (Fsp3) is 0.467. The number of hydrogen-bond acceptors (Lipinski definition) is 3. The first-order chi connectivity index (χ1) is 9.72. The van der Waals surface area contributed by atoms with Crippen molar-refractivity contribution in [3.05, 3.63) is 35.9 Å². The summed E-state index contributed by atoms with van der Waals surface area (Å²) in [7, 11) is 0. The Balaban J connectivity index is 1.76. The number of nitrogens with one attached hydrogen (secondary N) is 1. The molecule has 2 rings (SSSR count). The van der Waals surface area contributed by atoms with E-state index in [9.17, 15) is 14.7 Å². The minimum absolute atomic E-state index is 0.00471. The van der Waals surface area contributed by atoms with Gasteiger partial charge in [-0.1, -0.05) is 18.2 Å². The average Bonchev–Trinajstić information content (AvgIpc) is 2.96. The van der Waals surface area contributed by atoms with Crippen LogP contribution in [0.15, 0.2) is 30.3 Å². The van der Waals surface area contributed by atoms with Crippen molar-refractivity contribution in [1.29, 1.82) is 0 Å². The van der Waals surface area contributed by atoms with Gasteiger partial charge >= 0.3 is 0 Å². The summed E-state index contributed by atoms with van der Waals surface area (Å²) in [5.41, 5.74) is 0.592. The van der Waals surface area contributed by atoms with Gasteiger partial charge in [0.2, 0.25) is 5.91 Å². The molecule has 1 saturated heterocycles. The van der Waals surface area contributed by atoms with E-state index in [1.165, 1.54) is 0 Å². The van der Waals surface area contributed by atoms with Crippen molar-refractivity contribution >= 4 is 11.8 Å². The summed E-state index contributed by atoms with van der Waals surface area (Å²) in [4.78, 5) is 25.5. The van der Waals surface area contributed by atoms with Crippen molar-refractivity contribution in [3.63, 3.8) is 0 Å². The van der Waals surface area contributed by atoms with E-state index >= 15 is 0 Å². The molecule has 20 heavy (non-hydrogen) atoms. The minimum Gasteiger partial charge on any atom is -0.394 e. The predicted octanol–water partition coefficient (Wildman–Crippen LogP) is 0.790. The summed E-state index contributed by atoms with van der Waals surface area (Å²) >= 11 is 0. The second kappa shape index (κ2) is 7.05. The van der Waals surface area contributed by atoms with Gasteiger partial charge in [-0.05, 0) is 25.0 Å². The molecule has 1 aliphatic heterocycles. The summed E-state index contributed by atoms with van der Waals surface area (Å²) < 4.78 is 0. The first-order valence-corrected chi connectivity index (χ1v) is 6.96. The van der Waals surface area contributed by atoms with Crippen LogP contribution in [-0.2, 0) is 4.79 Å². The van der Waals surface area contributed by atoms with Crippen molar-refractivity contribution in [1.82, 2.24) is 10.2 Å². The maximum atomic E-state index is 12.0. The summed E-state index contributed by atoms with van der Waals surface area (Å²) in [5, 5.41) is 11.9. The largest absolute Gasteiger partial charge is 0.394 e.